The molecule has 0 amide bonds. The van der Waals surface area contributed by atoms with Gasteiger partial charge >= 0.3 is 27.2 Å². The first kappa shape index (κ1) is 73.9. The van der Waals surface area contributed by atoms with E-state index in [1.54, 1.807) is 0 Å². The minimum atomic E-state index is -0.693. The molecule has 4 aliphatic rings. The quantitative estimate of drug-likeness (QED) is 0.101. The molecule has 0 unspecified atom stereocenters. The van der Waals surface area contributed by atoms with Gasteiger partial charge in [-0.1, -0.05) is 238 Å². The maximum Gasteiger partial charge on any atom is 3.00 e. The van der Waals surface area contributed by atoms with Crippen molar-refractivity contribution in [2.24, 2.45) is 0 Å². The Labute approximate surface area is 631 Å². The molecular weight excluding hydrogens is 1430 g/mol. The van der Waals surface area contributed by atoms with Gasteiger partial charge in [-0.05, 0) is 227 Å². The molecule has 3 aliphatic carbocycles. The van der Waals surface area contributed by atoms with E-state index in [2.05, 4.69) is 331 Å². The first-order valence-corrected chi connectivity index (χ1v) is 37.4. The van der Waals surface area contributed by atoms with Crippen LogP contribution in [0.2, 0.25) is 0 Å². The van der Waals surface area contributed by atoms with Gasteiger partial charge in [0.05, 0.1) is 11.2 Å². The van der Waals surface area contributed by atoms with Crippen molar-refractivity contribution in [3.63, 3.8) is 0 Å². The van der Waals surface area contributed by atoms with E-state index in [1.165, 1.54) is 66.8 Å². The second kappa shape index (κ2) is 24.9. The molecule has 0 spiro atoms. The largest absolute Gasteiger partial charge is 3.00 e. The van der Waals surface area contributed by atoms with E-state index in [0.29, 0.717) is 0 Å². The number of hydrogen-bond acceptors (Lipinski definition) is 5. The summed E-state index contributed by atoms with van der Waals surface area (Å²) < 4.78 is 14.5. The molecule has 4 heterocycles. The summed E-state index contributed by atoms with van der Waals surface area (Å²) in [6, 6.07) is 65.6. The van der Waals surface area contributed by atoms with Crippen LogP contribution in [0.5, 0.6) is 0 Å². The fraction of sp³-hybridized carbons (Fsp3) is 0.406. The molecule has 0 radical (unpaired) electrons. The molecule has 7 aromatic carbocycles. The molecule has 0 N–H and O–H groups in total. The Morgan fingerprint density at radius 1 is 0.311 bits per heavy atom. The van der Waals surface area contributed by atoms with Crippen molar-refractivity contribution in [2.75, 3.05) is 0 Å². The Kier molecular flexibility index (Phi) is 17.8. The number of fused-ring (bicyclic) bond motifs is 3. The summed E-state index contributed by atoms with van der Waals surface area (Å²) in [7, 11) is -0.693. The number of pyridine rings is 3. The molecule has 14 rings (SSSR count). The fourth-order valence-corrected chi connectivity index (χ4v) is 18.2. The monoisotopic (exact) mass is 1540 g/mol. The van der Waals surface area contributed by atoms with Crippen LogP contribution in [-0.2, 0) is 78.1 Å². The average Bonchev–Trinajstić information content (AvgIpc) is 1.61. The fourth-order valence-electron chi connectivity index (χ4n) is 18.2. The Morgan fingerprint density at radius 3 is 1.03 bits per heavy atom. The molecule has 0 saturated carbocycles. The van der Waals surface area contributed by atoms with Crippen LogP contribution in [0.25, 0.3) is 101 Å². The average molecular weight is 1540 g/mol. The summed E-state index contributed by atoms with van der Waals surface area (Å²) in [4.78, 5) is 14.9. The van der Waals surface area contributed by atoms with Gasteiger partial charge in [0.1, 0.15) is 0 Å². The van der Waals surface area contributed by atoms with E-state index in [0.717, 1.165) is 109 Å². The van der Waals surface area contributed by atoms with Gasteiger partial charge in [0.2, 0.25) is 0 Å². The molecule has 1 aliphatic heterocycles. The topological polar surface area (TPSA) is 57.1 Å². The second-order valence-electron chi connectivity index (χ2n) is 38.8. The number of nitrogens with zero attached hydrogens (tertiary/aromatic N) is 3. The summed E-state index contributed by atoms with van der Waals surface area (Å²) in [6.07, 6.45) is 8.91. The van der Waals surface area contributed by atoms with Crippen LogP contribution in [0, 0.1) is 18.2 Å². The number of rotatable bonds is 10. The predicted octanol–water partition coefficient (Wildman–Crippen LogP) is 24.3. The summed E-state index contributed by atoms with van der Waals surface area (Å²) >= 11 is 0. The molecule has 1 fully saturated rings. The van der Waals surface area contributed by atoms with Crippen LogP contribution in [0.1, 0.15) is 242 Å². The third-order valence-electron chi connectivity index (χ3n) is 24.1. The molecule has 3 aromatic heterocycles. The molecule has 530 valence electrons. The van der Waals surface area contributed by atoms with Crippen LogP contribution in [-0.4, -0.2) is 33.3 Å². The zero-order valence-corrected chi connectivity index (χ0v) is 68.6. The maximum absolute atomic E-state index is 7.23. The Balaban J connectivity index is 0.00000945. The third-order valence-corrected chi connectivity index (χ3v) is 24.1. The molecule has 10 aromatic rings. The molecule has 1 saturated heterocycles. The van der Waals surface area contributed by atoms with Crippen LogP contribution in [0.4, 0.5) is 0 Å². The van der Waals surface area contributed by atoms with Crippen LogP contribution < -0.4 is 5.46 Å². The minimum absolute atomic E-state index is 0. The summed E-state index contributed by atoms with van der Waals surface area (Å²) in [5.41, 5.74) is 30.3. The molecule has 103 heavy (non-hydrogen) atoms. The van der Waals surface area contributed by atoms with Gasteiger partial charge < -0.3 is 19.3 Å². The standard InChI is InChI=1S/C96H107BN3O2.Ir/c1-86(2,3)66-36-39-98-83(46-66)60-30-26-58(27-31-60)70-49-76-78(91(14,15)55-89(76,10)11)51-72(70)63-42-64(73-52-79-77(90(12,13)56-92(79,16)17)50-71(73)59-28-32-61(33-29-59)84-47-67(37-40-99-84)87(4,5)6)44-65(43-63)74-53-80-81(94(20,21)57-93(80,18)19)54-75(74)69-35-34-62(85-48-68(38-41-100-85)88(7,8)9)45-82(69)97-101-95(22,23)96(24,25)102-97;/h26-28,30,32-33,35-54H,55-57H2,1-25H3;/q-3;+3. The number of hydrogen-bond donors (Lipinski definition) is 0. The minimum Gasteiger partial charge on any atom is -0.400 e. The Morgan fingerprint density at radius 2 is 0.631 bits per heavy atom. The number of aromatic nitrogens is 3. The van der Waals surface area contributed by atoms with Crippen LogP contribution in [0.3, 0.4) is 0 Å². The van der Waals surface area contributed by atoms with Crippen LogP contribution >= 0.6 is 0 Å². The van der Waals surface area contributed by atoms with Gasteiger partial charge in [-0.2, -0.15) is 0 Å². The smallest absolute Gasteiger partial charge is 0.400 e. The first-order chi connectivity index (χ1) is 47.3. The van der Waals surface area contributed by atoms with E-state index in [-0.39, 0.29) is 68.8 Å². The predicted molar refractivity (Wildman–Crippen MR) is 429 cm³/mol. The van der Waals surface area contributed by atoms with Gasteiger partial charge in [0.15, 0.2) is 0 Å². The van der Waals surface area contributed by atoms with E-state index >= 15 is 0 Å². The van der Waals surface area contributed by atoms with Crippen molar-refractivity contribution in [3.8, 4) is 101 Å². The zero-order chi connectivity index (χ0) is 73.4. The van der Waals surface area contributed by atoms with E-state index in [9.17, 15) is 0 Å². The summed E-state index contributed by atoms with van der Waals surface area (Å²) in [5, 5.41) is 0. The second-order valence-corrected chi connectivity index (χ2v) is 38.8. The van der Waals surface area contributed by atoms with Crippen molar-refractivity contribution in [1.82, 2.24) is 15.0 Å². The number of benzene rings is 7. The van der Waals surface area contributed by atoms with Gasteiger partial charge in [-0.15, -0.1) is 83.4 Å². The summed E-state index contributed by atoms with van der Waals surface area (Å²) in [6.45, 7) is 58.3. The molecule has 0 bridgehead atoms. The van der Waals surface area contributed by atoms with Crippen LogP contribution in [0.15, 0.2) is 158 Å². The van der Waals surface area contributed by atoms with Crippen molar-refractivity contribution in [1.29, 1.82) is 0 Å². The SMILES string of the molecule is CC(C)(C)c1ccnc(-c2[c-]cc(-c3cc4c(cc3-c3cc(-c5cc6c(cc5-c5[c-]cc(-c7cc(C(C)(C)C)ccn7)cc5)C(C)(C)CC6(C)C)cc(-c5cc6c(cc5-c5c[c-]c(-c7cc(C(C)(C)C)ccn7)cc5B5OC(C)(C)C(C)(C)O5)C(C)(C)CC6(C)C)c3)C(C)(C)CC4(C)C)cc2)c1.[Ir+3]. The van der Waals surface area contributed by atoms with E-state index < -0.39 is 18.3 Å². The zero-order valence-electron chi connectivity index (χ0n) is 66.2. The molecule has 0 atom stereocenters. The maximum atomic E-state index is 7.23. The summed E-state index contributed by atoms with van der Waals surface area (Å²) in [5.74, 6) is 0. The normalized spacial score (nSPS) is 18.5. The molecular formula is C96H107BIrN3O2. The van der Waals surface area contributed by atoms with Gasteiger partial charge in [0.25, 0.3) is 0 Å². The molecule has 7 heteroatoms. The molecule has 5 nitrogen and oxygen atoms in total. The Bertz CT molecular complexity index is 4800. The first-order valence-electron chi connectivity index (χ1n) is 37.4. The van der Waals surface area contributed by atoms with Crippen molar-refractivity contribution in [2.45, 2.75) is 252 Å². The van der Waals surface area contributed by atoms with E-state index in [4.69, 9.17) is 24.3 Å². The van der Waals surface area contributed by atoms with Crippen molar-refractivity contribution < 1.29 is 29.4 Å². The third kappa shape index (κ3) is 13.3. The van der Waals surface area contributed by atoms with Crippen molar-refractivity contribution >= 4 is 12.6 Å². The van der Waals surface area contributed by atoms with Crippen molar-refractivity contribution in [3.05, 3.63) is 226 Å². The van der Waals surface area contributed by atoms with Gasteiger partial charge in [-0.25, -0.2) is 0 Å². The van der Waals surface area contributed by atoms with Gasteiger partial charge in [0, 0.05) is 24.3 Å². The van der Waals surface area contributed by atoms with Gasteiger partial charge in [-0.3, -0.25) is 4.98 Å². The van der Waals surface area contributed by atoms with E-state index in [1.807, 2.05) is 18.6 Å². The Hall–Kier alpha value is -7.38.